The third-order valence-corrected chi connectivity index (χ3v) is 5.56. The first-order valence-corrected chi connectivity index (χ1v) is 9.42. The Bertz CT molecular complexity index is 1630. The van der Waals surface area contributed by atoms with Gasteiger partial charge in [-0.05, 0) is 35.7 Å². The first-order valence-electron chi connectivity index (χ1n) is 9.42. The van der Waals surface area contributed by atoms with Gasteiger partial charge < -0.3 is 0 Å². The second kappa shape index (κ2) is 5.72. The summed E-state index contributed by atoms with van der Waals surface area (Å²) >= 11 is 0. The monoisotopic (exact) mass is 374 g/mol. The van der Waals surface area contributed by atoms with Gasteiger partial charge in [-0.25, -0.2) is 4.98 Å². The Labute approximate surface area is 165 Å². The van der Waals surface area contributed by atoms with Crippen LogP contribution in [-0.2, 0) is 0 Å². The Balaban J connectivity index is 1.78. The molecule has 2 aromatic heterocycles. The van der Waals surface area contributed by atoms with Gasteiger partial charge in [0, 0.05) is 27.3 Å². The van der Waals surface area contributed by atoms with E-state index in [0.717, 1.165) is 27.2 Å². The van der Waals surface area contributed by atoms with Crippen molar-refractivity contribution in [1.29, 1.82) is 0 Å². The van der Waals surface area contributed by atoms with Crippen molar-refractivity contribution in [2.45, 2.75) is 0 Å². The van der Waals surface area contributed by atoms with Gasteiger partial charge in [-0.3, -0.25) is 14.0 Å². The molecule has 0 spiro atoms. The maximum atomic E-state index is 13.4. The van der Waals surface area contributed by atoms with E-state index in [0.29, 0.717) is 22.2 Å². The van der Waals surface area contributed by atoms with E-state index < -0.39 is 0 Å². The topological polar surface area (TPSA) is 51.4 Å². The van der Waals surface area contributed by atoms with Gasteiger partial charge in [-0.1, -0.05) is 54.6 Å². The highest BCUT2D eigenvalue weighted by molar-refractivity contribution is 6.24. The Hall–Kier alpha value is -4.05. The van der Waals surface area contributed by atoms with Gasteiger partial charge in [0.2, 0.25) is 0 Å². The summed E-state index contributed by atoms with van der Waals surface area (Å²) in [6, 6.07) is 26.2. The Morgan fingerprint density at radius 1 is 0.724 bits per heavy atom. The lowest BCUT2D eigenvalue weighted by Crippen LogP contribution is -2.14. The van der Waals surface area contributed by atoms with Crippen molar-refractivity contribution in [3.63, 3.8) is 0 Å². The molecule has 0 radical (unpaired) electrons. The van der Waals surface area contributed by atoms with Gasteiger partial charge >= 0.3 is 0 Å². The molecule has 0 atom stereocenters. The summed E-state index contributed by atoms with van der Waals surface area (Å²) in [5, 5.41) is 3.04. The third kappa shape index (κ3) is 2.11. The van der Waals surface area contributed by atoms with Crippen LogP contribution in [0.15, 0.2) is 89.7 Å². The maximum absolute atomic E-state index is 13.4. The lowest BCUT2D eigenvalue weighted by Gasteiger charge is -2.11. The van der Waals surface area contributed by atoms with Crippen LogP contribution in [0.25, 0.3) is 38.2 Å². The lowest BCUT2D eigenvalue weighted by atomic mass is 9.93. The van der Waals surface area contributed by atoms with Crippen LogP contribution in [0.5, 0.6) is 0 Å². The van der Waals surface area contributed by atoms with Gasteiger partial charge in [0.25, 0.3) is 5.56 Å². The minimum Gasteiger partial charge on any atom is -0.289 e. The number of pyridine rings is 1. The average Bonchev–Trinajstić information content (AvgIpc) is 3.17. The highest BCUT2D eigenvalue weighted by Gasteiger charge is 2.19. The van der Waals surface area contributed by atoms with Crippen molar-refractivity contribution in [3.8, 4) is 0 Å². The zero-order valence-electron chi connectivity index (χ0n) is 15.3. The molecule has 6 rings (SSSR count). The van der Waals surface area contributed by atoms with Crippen LogP contribution in [0, 0.1) is 0 Å². The minimum atomic E-state index is -0.115. The highest BCUT2D eigenvalue weighted by atomic mass is 16.1. The van der Waals surface area contributed by atoms with Crippen molar-refractivity contribution in [2.75, 3.05) is 0 Å². The van der Waals surface area contributed by atoms with Gasteiger partial charge in [0.1, 0.15) is 5.65 Å². The van der Waals surface area contributed by atoms with Crippen LogP contribution in [0.1, 0.15) is 15.9 Å². The summed E-state index contributed by atoms with van der Waals surface area (Å²) in [5.74, 6) is -0.0548. The van der Waals surface area contributed by atoms with E-state index >= 15 is 0 Å². The number of ketones is 1. The third-order valence-electron chi connectivity index (χ3n) is 5.56. The van der Waals surface area contributed by atoms with Crippen LogP contribution in [-0.4, -0.2) is 15.2 Å². The summed E-state index contributed by atoms with van der Waals surface area (Å²) < 4.78 is 1.67. The van der Waals surface area contributed by atoms with Crippen molar-refractivity contribution < 1.29 is 4.79 Å². The van der Waals surface area contributed by atoms with Gasteiger partial charge in [0.15, 0.2) is 5.78 Å². The summed E-state index contributed by atoms with van der Waals surface area (Å²) in [5.41, 5.74) is 3.30. The highest BCUT2D eigenvalue weighted by Crippen LogP contribution is 2.32. The van der Waals surface area contributed by atoms with E-state index in [2.05, 4.69) is 0 Å². The van der Waals surface area contributed by atoms with Crippen LogP contribution >= 0.6 is 0 Å². The number of hydrogen-bond donors (Lipinski definition) is 0. The van der Waals surface area contributed by atoms with Crippen LogP contribution < -0.4 is 5.56 Å². The van der Waals surface area contributed by atoms with E-state index in [1.54, 1.807) is 4.40 Å². The zero-order chi connectivity index (χ0) is 19.5. The van der Waals surface area contributed by atoms with E-state index in [-0.39, 0.29) is 11.3 Å². The van der Waals surface area contributed by atoms with Gasteiger partial charge in [-0.15, -0.1) is 0 Å². The second-order valence-corrected chi connectivity index (χ2v) is 7.15. The van der Waals surface area contributed by atoms with Crippen molar-refractivity contribution in [3.05, 3.63) is 106 Å². The molecule has 4 aromatic carbocycles. The standard InChI is InChI=1S/C25H14N2O2/c28-23(15-7-2-1-3-8-15)17-13-14-18-22-16(17)9-6-10-19(22)25(29)27-21-12-5-4-11-20(21)26-24(18)27/h1-14H. The largest absolute Gasteiger partial charge is 0.289 e. The molecule has 2 heterocycles. The molecule has 0 unspecified atom stereocenters. The number of rotatable bonds is 2. The molecule has 0 saturated heterocycles. The van der Waals surface area contributed by atoms with Crippen LogP contribution in [0.4, 0.5) is 0 Å². The number of benzene rings is 4. The molecule has 136 valence electrons. The molecule has 0 N–H and O–H groups in total. The normalized spacial score (nSPS) is 11.7. The molecule has 0 aliphatic heterocycles. The molecule has 4 nitrogen and oxygen atoms in total. The first-order chi connectivity index (χ1) is 14.2. The molecule has 29 heavy (non-hydrogen) atoms. The number of hydrogen-bond acceptors (Lipinski definition) is 3. The number of carbonyl (C=O) groups excluding carboxylic acids is 1. The number of carbonyl (C=O) groups is 1. The number of fused-ring (bicyclic) bond motifs is 4. The smallest absolute Gasteiger partial charge is 0.264 e. The Morgan fingerprint density at radius 3 is 2.34 bits per heavy atom. The SMILES string of the molecule is O=C(c1ccccc1)c1ccc2c3c1cccc3c(=O)n1c3ccccc3nc21. The maximum Gasteiger partial charge on any atom is 0.264 e. The average molecular weight is 374 g/mol. The van der Waals surface area contributed by atoms with Crippen molar-refractivity contribution in [1.82, 2.24) is 9.38 Å². The predicted molar refractivity (Wildman–Crippen MR) is 115 cm³/mol. The summed E-state index contributed by atoms with van der Waals surface area (Å²) in [7, 11) is 0. The molecule has 0 amide bonds. The minimum absolute atomic E-state index is 0.0548. The molecule has 0 bridgehead atoms. The quantitative estimate of drug-likeness (QED) is 0.408. The van der Waals surface area contributed by atoms with Crippen LogP contribution in [0.2, 0.25) is 0 Å². The fourth-order valence-electron chi connectivity index (χ4n) is 4.25. The number of nitrogens with zero attached hydrogens (tertiary/aromatic N) is 2. The van der Waals surface area contributed by atoms with E-state index in [9.17, 15) is 9.59 Å². The zero-order valence-corrected chi connectivity index (χ0v) is 15.3. The molecule has 0 aliphatic carbocycles. The molecule has 0 saturated carbocycles. The first kappa shape index (κ1) is 16.0. The van der Waals surface area contributed by atoms with Gasteiger partial charge in [0.05, 0.1) is 11.0 Å². The van der Waals surface area contributed by atoms with E-state index in [4.69, 9.17) is 4.98 Å². The van der Waals surface area contributed by atoms with Gasteiger partial charge in [-0.2, -0.15) is 0 Å². The molecular formula is C25H14N2O2. The predicted octanol–water partition coefficient (Wildman–Crippen LogP) is 4.82. The van der Waals surface area contributed by atoms with Crippen LogP contribution in [0.3, 0.4) is 0 Å². The Kier molecular flexibility index (Phi) is 3.15. The van der Waals surface area contributed by atoms with E-state index in [1.165, 1.54) is 0 Å². The second-order valence-electron chi connectivity index (χ2n) is 7.15. The Morgan fingerprint density at radius 2 is 1.48 bits per heavy atom. The van der Waals surface area contributed by atoms with Crippen molar-refractivity contribution >= 4 is 44.0 Å². The molecule has 6 aromatic rings. The number of aromatic nitrogens is 2. The molecular weight excluding hydrogens is 360 g/mol. The summed E-state index contributed by atoms with van der Waals surface area (Å²) in [6.45, 7) is 0. The van der Waals surface area contributed by atoms with E-state index in [1.807, 2.05) is 84.9 Å². The summed E-state index contributed by atoms with van der Waals surface area (Å²) in [6.07, 6.45) is 0. The molecule has 0 aliphatic rings. The molecule has 4 heteroatoms. The van der Waals surface area contributed by atoms with Crippen molar-refractivity contribution in [2.24, 2.45) is 0 Å². The fourth-order valence-corrected chi connectivity index (χ4v) is 4.25. The fraction of sp³-hybridized carbons (Fsp3) is 0. The number of imidazole rings is 1. The molecule has 0 fully saturated rings. The lowest BCUT2D eigenvalue weighted by molar-refractivity contribution is 0.104. The number of para-hydroxylation sites is 2. The summed E-state index contributed by atoms with van der Waals surface area (Å²) in [4.78, 5) is 31.2.